The van der Waals surface area contributed by atoms with Gasteiger partial charge in [-0.15, -0.1) is 11.6 Å². The van der Waals surface area contributed by atoms with Gasteiger partial charge in [-0.3, -0.25) is 0 Å². The first-order chi connectivity index (χ1) is 6.11. The summed E-state index contributed by atoms with van der Waals surface area (Å²) in [7, 11) is 0. The van der Waals surface area contributed by atoms with Gasteiger partial charge in [0.1, 0.15) is 6.10 Å². The molecule has 1 fully saturated rings. The smallest absolute Gasteiger partial charge is 0.335 e. The van der Waals surface area contributed by atoms with Gasteiger partial charge in [-0.25, -0.2) is 4.79 Å². The number of hydrogen-bond donors (Lipinski definition) is 0. The fraction of sp³-hybridized carbons (Fsp3) is 0.667. The van der Waals surface area contributed by atoms with Crippen molar-refractivity contribution in [3.8, 4) is 0 Å². The molecule has 13 heavy (non-hydrogen) atoms. The first-order valence-electron chi connectivity index (χ1n) is 4.19. The molecule has 0 aromatic heterocycles. The molecule has 0 aliphatic carbocycles. The van der Waals surface area contributed by atoms with Crippen LogP contribution in [-0.2, 0) is 9.53 Å². The van der Waals surface area contributed by atoms with E-state index in [1.807, 2.05) is 13.8 Å². The molecule has 2 nitrogen and oxygen atoms in total. The molecule has 0 spiro atoms. The lowest BCUT2D eigenvalue weighted by molar-refractivity contribution is -0.140. The van der Waals surface area contributed by atoms with Crippen LogP contribution in [0.3, 0.4) is 0 Å². The standard InChI is InChI=1S/C9H12Cl2O2/c1-5(2)8-6(3-10)7(4-11)9(12)13-8/h4-6,8H,3H2,1-2H3/b7-4-/t6-,8+/m1/s1. The van der Waals surface area contributed by atoms with Crippen molar-refractivity contribution in [1.29, 1.82) is 0 Å². The van der Waals surface area contributed by atoms with Crippen LogP contribution in [0, 0.1) is 11.8 Å². The van der Waals surface area contributed by atoms with Gasteiger partial charge in [0.05, 0.1) is 5.57 Å². The fourth-order valence-corrected chi connectivity index (χ4v) is 2.09. The van der Waals surface area contributed by atoms with E-state index >= 15 is 0 Å². The highest BCUT2D eigenvalue weighted by Gasteiger charge is 2.40. The molecule has 0 radical (unpaired) electrons. The average molecular weight is 223 g/mol. The van der Waals surface area contributed by atoms with E-state index in [1.54, 1.807) is 0 Å². The summed E-state index contributed by atoms with van der Waals surface area (Å²) in [5, 5.41) is 0. The summed E-state index contributed by atoms with van der Waals surface area (Å²) in [6.07, 6.45) is -0.130. The number of ether oxygens (including phenoxy) is 1. The molecule has 0 bridgehead atoms. The Morgan fingerprint density at radius 1 is 1.62 bits per heavy atom. The lowest BCUT2D eigenvalue weighted by atomic mass is 9.92. The summed E-state index contributed by atoms with van der Waals surface area (Å²) in [6, 6.07) is 0. The number of halogens is 2. The third-order valence-electron chi connectivity index (χ3n) is 2.22. The molecule has 74 valence electrons. The molecule has 2 atom stereocenters. The van der Waals surface area contributed by atoms with Crippen LogP contribution in [0.2, 0.25) is 0 Å². The number of hydrogen-bond acceptors (Lipinski definition) is 2. The second-order valence-corrected chi connectivity index (χ2v) is 3.97. The monoisotopic (exact) mass is 222 g/mol. The zero-order chi connectivity index (χ0) is 10.0. The van der Waals surface area contributed by atoms with E-state index in [1.165, 1.54) is 5.54 Å². The first kappa shape index (κ1) is 10.9. The third-order valence-corrected chi connectivity index (χ3v) is 2.78. The Kier molecular flexibility index (Phi) is 3.63. The predicted octanol–water partition coefficient (Wildman–Crippen LogP) is 2.55. The van der Waals surface area contributed by atoms with Crippen molar-refractivity contribution in [2.45, 2.75) is 20.0 Å². The molecule has 0 N–H and O–H groups in total. The fourth-order valence-electron chi connectivity index (χ4n) is 1.50. The van der Waals surface area contributed by atoms with Gasteiger partial charge in [-0.2, -0.15) is 0 Å². The maximum absolute atomic E-state index is 11.3. The van der Waals surface area contributed by atoms with Gasteiger partial charge < -0.3 is 4.74 Å². The van der Waals surface area contributed by atoms with Crippen LogP contribution in [-0.4, -0.2) is 18.0 Å². The van der Waals surface area contributed by atoms with Gasteiger partial charge in [0, 0.05) is 17.3 Å². The van der Waals surface area contributed by atoms with E-state index < -0.39 is 0 Å². The second-order valence-electron chi connectivity index (χ2n) is 3.44. The normalized spacial score (nSPS) is 31.5. The minimum absolute atomic E-state index is 0.0633. The average Bonchev–Trinajstić information content (AvgIpc) is 2.41. The first-order valence-corrected chi connectivity index (χ1v) is 5.16. The van der Waals surface area contributed by atoms with Crippen molar-refractivity contribution < 1.29 is 9.53 Å². The Labute approximate surface area is 87.8 Å². The van der Waals surface area contributed by atoms with Crippen LogP contribution < -0.4 is 0 Å². The maximum atomic E-state index is 11.3. The van der Waals surface area contributed by atoms with Gasteiger partial charge in [0.25, 0.3) is 0 Å². The topological polar surface area (TPSA) is 26.3 Å². The highest BCUT2D eigenvalue weighted by atomic mass is 35.5. The zero-order valence-corrected chi connectivity index (χ0v) is 9.10. The quantitative estimate of drug-likeness (QED) is 0.408. The molecule has 0 aromatic rings. The summed E-state index contributed by atoms with van der Waals surface area (Å²) >= 11 is 11.3. The van der Waals surface area contributed by atoms with Gasteiger partial charge in [-0.1, -0.05) is 25.4 Å². The molecule has 1 aliphatic rings. The maximum Gasteiger partial charge on any atom is 0.335 e. The van der Waals surface area contributed by atoms with Crippen LogP contribution in [0.25, 0.3) is 0 Å². The Morgan fingerprint density at radius 2 is 2.23 bits per heavy atom. The molecule has 0 unspecified atom stereocenters. The summed E-state index contributed by atoms with van der Waals surface area (Å²) in [5.74, 6) is 0.237. The van der Waals surface area contributed by atoms with E-state index in [2.05, 4.69) is 0 Å². The number of carbonyl (C=O) groups excluding carboxylic acids is 1. The lowest BCUT2D eigenvalue weighted by Crippen LogP contribution is -2.24. The van der Waals surface area contributed by atoms with Gasteiger partial charge in [0.2, 0.25) is 0 Å². The van der Waals surface area contributed by atoms with Gasteiger partial charge in [0.15, 0.2) is 0 Å². The third kappa shape index (κ3) is 2.00. The molecule has 1 aliphatic heterocycles. The summed E-state index contributed by atoms with van der Waals surface area (Å²) in [4.78, 5) is 11.3. The number of alkyl halides is 1. The van der Waals surface area contributed by atoms with E-state index in [9.17, 15) is 4.79 Å². The van der Waals surface area contributed by atoms with Gasteiger partial charge >= 0.3 is 5.97 Å². The molecular weight excluding hydrogens is 211 g/mol. The van der Waals surface area contributed by atoms with Crippen molar-refractivity contribution in [2.24, 2.45) is 11.8 Å². The van der Waals surface area contributed by atoms with E-state index in [0.29, 0.717) is 11.5 Å². The second kappa shape index (κ2) is 4.34. The Hall–Kier alpha value is -0.210. The minimum atomic E-state index is -0.334. The zero-order valence-electron chi connectivity index (χ0n) is 7.59. The van der Waals surface area contributed by atoms with E-state index in [-0.39, 0.29) is 23.9 Å². The minimum Gasteiger partial charge on any atom is -0.458 e. The summed E-state index contributed by atoms with van der Waals surface area (Å²) in [5.41, 5.74) is 1.77. The summed E-state index contributed by atoms with van der Waals surface area (Å²) < 4.78 is 5.15. The lowest BCUT2D eigenvalue weighted by Gasteiger charge is -2.18. The predicted molar refractivity (Wildman–Crippen MR) is 52.9 cm³/mol. The summed E-state index contributed by atoms with van der Waals surface area (Å²) in [6.45, 7) is 3.99. The molecule has 4 heteroatoms. The molecular formula is C9H12Cl2O2. The van der Waals surface area contributed by atoms with Crippen molar-refractivity contribution in [1.82, 2.24) is 0 Å². The molecule has 1 saturated heterocycles. The number of rotatable bonds is 2. The van der Waals surface area contributed by atoms with Crippen molar-refractivity contribution in [3.05, 3.63) is 11.1 Å². The molecule has 1 rings (SSSR count). The highest BCUT2D eigenvalue weighted by Crippen LogP contribution is 2.33. The van der Waals surface area contributed by atoms with E-state index in [4.69, 9.17) is 27.9 Å². The molecule has 1 heterocycles. The Balaban J connectivity index is 2.88. The van der Waals surface area contributed by atoms with Crippen LogP contribution in [0.15, 0.2) is 11.1 Å². The van der Waals surface area contributed by atoms with Crippen LogP contribution in [0.5, 0.6) is 0 Å². The number of cyclic esters (lactones) is 1. The van der Waals surface area contributed by atoms with Crippen LogP contribution in [0.1, 0.15) is 13.8 Å². The highest BCUT2D eigenvalue weighted by molar-refractivity contribution is 6.28. The largest absolute Gasteiger partial charge is 0.458 e. The molecule has 0 aromatic carbocycles. The molecule has 0 saturated carbocycles. The van der Waals surface area contributed by atoms with Crippen LogP contribution in [0.4, 0.5) is 0 Å². The van der Waals surface area contributed by atoms with E-state index in [0.717, 1.165) is 0 Å². The van der Waals surface area contributed by atoms with Crippen molar-refractivity contribution in [2.75, 3.05) is 5.88 Å². The molecule has 0 amide bonds. The van der Waals surface area contributed by atoms with Gasteiger partial charge in [-0.05, 0) is 5.92 Å². The van der Waals surface area contributed by atoms with Crippen molar-refractivity contribution in [3.63, 3.8) is 0 Å². The SMILES string of the molecule is CC(C)[C@@H]1OC(=O)/C(=C\Cl)[C@H]1CCl. The number of esters is 1. The Morgan fingerprint density at radius 3 is 2.62 bits per heavy atom. The Bertz CT molecular complexity index is 236. The van der Waals surface area contributed by atoms with Crippen LogP contribution >= 0.6 is 23.2 Å². The number of carbonyl (C=O) groups is 1. The van der Waals surface area contributed by atoms with Crippen molar-refractivity contribution >= 4 is 29.2 Å².